The summed E-state index contributed by atoms with van der Waals surface area (Å²) in [7, 11) is 0. The molecule has 1 aromatic carbocycles. The van der Waals surface area contributed by atoms with Crippen molar-refractivity contribution >= 4 is 11.9 Å². The minimum Gasteiger partial charge on any atom is -0.443 e. The molecule has 0 saturated heterocycles. The third kappa shape index (κ3) is 4.24. The van der Waals surface area contributed by atoms with Crippen molar-refractivity contribution in [3.63, 3.8) is 0 Å². The van der Waals surface area contributed by atoms with E-state index in [1.807, 2.05) is 18.2 Å². The maximum absolute atomic E-state index is 13.3. The molecule has 1 amide bonds. The third-order valence-electron chi connectivity index (χ3n) is 5.97. The van der Waals surface area contributed by atoms with Crippen LogP contribution in [0.5, 0.6) is 0 Å². The number of primary amides is 1. The Kier molecular flexibility index (Phi) is 5.42. The van der Waals surface area contributed by atoms with E-state index < -0.39 is 6.09 Å². The minimum absolute atomic E-state index is 0.00130. The molecule has 2 aliphatic carbocycles. The first kappa shape index (κ1) is 18.7. The second kappa shape index (κ2) is 8.13. The molecule has 2 aromatic rings. The Labute approximate surface area is 165 Å². The molecule has 4 rings (SSSR count). The molecule has 0 spiro atoms. The van der Waals surface area contributed by atoms with Crippen molar-refractivity contribution in [2.75, 3.05) is 0 Å². The summed E-state index contributed by atoms with van der Waals surface area (Å²) in [4.78, 5) is 28.7. The topological polar surface area (TPSA) is 82.3 Å². The Morgan fingerprint density at radius 3 is 2.25 bits per heavy atom. The lowest BCUT2D eigenvalue weighted by atomic mass is 9.76. The van der Waals surface area contributed by atoms with Crippen LogP contribution in [0.1, 0.15) is 77.7 Å². The molecule has 0 unspecified atom stereocenters. The summed E-state index contributed by atoms with van der Waals surface area (Å²) in [6, 6.07) is 14.4. The molecular weight excluding hydrogens is 352 g/mol. The van der Waals surface area contributed by atoms with Gasteiger partial charge in [-0.15, -0.1) is 0 Å². The summed E-state index contributed by atoms with van der Waals surface area (Å²) in [6.45, 7) is 0.00130. The van der Waals surface area contributed by atoms with E-state index in [0.29, 0.717) is 23.2 Å². The second-order valence-corrected chi connectivity index (χ2v) is 7.95. The minimum atomic E-state index is -0.833. The van der Waals surface area contributed by atoms with E-state index in [9.17, 15) is 9.59 Å². The Balaban J connectivity index is 1.48. The van der Waals surface area contributed by atoms with Gasteiger partial charge in [0.15, 0.2) is 5.78 Å². The number of hydrogen-bond donors (Lipinski definition) is 1. The number of rotatable bonds is 6. The van der Waals surface area contributed by atoms with Gasteiger partial charge in [0.2, 0.25) is 0 Å². The van der Waals surface area contributed by atoms with Crippen LogP contribution in [0.15, 0.2) is 42.5 Å². The average Bonchev–Trinajstić information content (AvgIpc) is 3.57. The fourth-order valence-electron chi connectivity index (χ4n) is 4.26. The van der Waals surface area contributed by atoms with Gasteiger partial charge in [-0.3, -0.25) is 4.79 Å². The average molecular weight is 378 g/mol. The first-order chi connectivity index (χ1) is 13.6. The zero-order valence-corrected chi connectivity index (χ0v) is 16.0. The predicted molar refractivity (Wildman–Crippen MR) is 106 cm³/mol. The number of benzene rings is 1. The number of carbonyl (C=O) groups excluding carboxylic acids is 2. The van der Waals surface area contributed by atoms with Gasteiger partial charge in [-0.25, -0.2) is 9.78 Å². The molecule has 146 valence electrons. The van der Waals surface area contributed by atoms with Gasteiger partial charge < -0.3 is 10.5 Å². The van der Waals surface area contributed by atoms with Crippen LogP contribution in [-0.4, -0.2) is 16.9 Å². The van der Waals surface area contributed by atoms with Gasteiger partial charge in [0, 0.05) is 5.92 Å². The molecule has 2 fully saturated rings. The maximum Gasteiger partial charge on any atom is 0.404 e. The van der Waals surface area contributed by atoms with Gasteiger partial charge in [-0.05, 0) is 67.6 Å². The van der Waals surface area contributed by atoms with Crippen molar-refractivity contribution in [2.24, 2.45) is 11.7 Å². The van der Waals surface area contributed by atoms with Gasteiger partial charge in [0.05, 0.1) is 5.69 Å². The van der Waals surface area contributed by atoms with Crippen molar-refractivity contribution in [2.45, 2.75) is 57.0 Å². The molecule has 1 heterocycles. The molecule has 0 radical (unpaired) electrons. The molecule has 0 atom stereocenters. The maximum atomic E-state index is 13.3. The van der Waals surface area contributed by atoms with Gasteiger partial charge in [-0.2, -0.15) is 0 Å². The van der Waals surface area contributed by atoms with Gasteiger partial charge >= 0.3 is 6.09 Å². The van der Waals surface area contributed by atoms with E-state index >= 15 is 0 Å². The molecular formula is C23H26N2O3. The summed E-state index contributed by atoms with van der Waals surface area (Å²) in [5.41, 5.74) is 8.63. The van der Waals surface area contributed by atoms with Gasteiger partial charge in [0.25, 0.3) is 0 Å². The van der Waals surface area contributed by atoms with Crippen LogP contribution in [-0.2, 0) is 11.3 Å². The fourth-order valence-corrected chi connectivity index (χ4v) is 4.26. The standard InChI is InChI=1S/C23H26N2O3/c24-23(27)28-14-19-12-13-20(17-8-9-17)21(25-19)22(26)18-10-6-16(7-11-18)15-4-2-1-3-5-15/h1-5,12-13,16-18H,6-11,14H2,(H2,24,27). The Morgan fingerprint density at radius 1 is 0.929 bits per heavy atom. The fraction of sp³-hybridized carbons (Fsp3) is 0.435. The largest absolute Gasteiger partial charge is 0.443 e. The molecule has 2 saturated carbocycles. The summed E-state index contributed by atoms with van der Waals surface area (Å²) in [5.74, 6) is 1.15. The quantitative estimate of drug-likeness (QED) is 0.738. The number of pyridine rings is 1. The van der Waals surface area contributed by atoms with Crippen molar-refractivity contribution in [3.8, 4) is 0 Å². The lowest BCUT2D eigenvalue weighted by Gasteiger charge is -2.28. The van der Waals surface area contributed by atoms with E-state index in [-0.39, 0.29) is 18.3 Å². The zero-order chi connectivity index (χ0) is 19.5. The van der Waals surface area contributed by atoms with E-state index in [4.69, 9.17) is 10.5 Å². The number of amides is 1. The van der Waals surface area contributed by atoms with Crippen LogP contribution >= 0.6 is 0 Å². The van der Waals surface area contributed by atoms with E-state index in [1.165, 1.54) is 5.56 Å². The first-order valence-electron chi connectivity index (χ1n) is 10.1. The van der Waals surface area contributed by atoms with Crippen LogP contribution < -0.4 is 5.73 Å². The molecule has 1 aromatic heterocycles. The van der Waals surface area contributed by atoms with Crippen molar-refractivity contribution in [1.82, 2.24) is 4.98 Å². The molecule has 2 N–H and O–H groups in total. The number of Topliss-reactive ketones (excluding diaryl/α,β-unsaturated/α-hetero) is 1. The van der Waals surface area contributed by atoms with Crippen molar-refractivity contribution < 1.29 is 14.3 Å². The highest BCUT2D eigenvalue weighted by Crippen LogP contribution is 2.43. The number of ketones is 1. The SMILES string of the molecule is NC(=O)OCc1ccc(C2CC2)c(C(=O)C2CCC(c3ccccc3)CC2)n1. The molecule has 28 heavy (non-hydrogen) atoms. The Morgan fingerprint density at radius 2 is 1.61 bits per heavy atom. The van der Waals surface area contributed by atoms with Crippen LogP contribution in [0.25, 0.3) is 0 Å². The number of ether oxygens (including phenoxy) is 1. The second-order valence-electron chi connectivity index (χ2n) is 7.95. The molecule has 0 aliphatic heterocycles. The molecule has 5 heteroatoms. The van der Waals surface area contributed by atoms with E-state index in [1.54, 1.807) is 0 Å². The highest BCUT2D eigenvalue weighted by molar-refractivity contribution is 5.97. The molecule has 0 bridgehead atoms. The predicted octanol–water partition coefficient (Wildman–Crippen LogP) is 4.71. The zero-order valence-electron chi connectivity index (χ0n) is 16.0. The van der Waals surface area contributed by atoms with Crippen LogP contribution in [0, 0.1) is 5.92 Å². The molecule has 5 nitrogen and oxygen atoms in total. The monoisotopic (exact) mass is 378 g/mol. The lowest BCUT2D eigenvalue weighted by molar-refractivity contribution is 0.0876. The lowest BCUT2D eigenvalue weighted by Crippen LogP contribution is -2.23. The van der Waals surface area contributed by atoms with Crippen LogP contribution in [0.2, 0.25) is 0 Å². The number of nitrogens with zero attached hydrogens (tertiary/aromatic N) is 1. The van der Waals surface area contributed by atoms with Crippen LogP contribution in [0.3, 0.4) is 0 Å². The van der Waals surface area contributed by atoms with E-state index in [0.717, 1.165) is 44.1 Å². The highest BCUT2D eigenvalue weighted by atomic mass is 16.5. The van der Waals surface area contributed by atoms with Crippen molar-refractivity contribution in [1.29, 1.82) is 0 Å². The normalized spacial score (nSPS) is 21.9. The summed E-state index contributed by atoms with van der Waals surface area (Å²) >= 11 is 0. The number of hydrogen-bond acceptors (Lipinski definition) is 4. The number of aromatic nitrogens is 1. The first-order valence-corrected chi connectivity index (χ1v) is 10.1. The highest BCUT2D eigenvalue weighted by Gasteiger charge is 2.33. The van der Waals surface area contributed by atoms with Crippen LogP contribution in [0.4, 0.5) is 4.79 Å². The molecule has 2 aliphatic rings. The summed E-state index contributed by atoms with van der Waals surface area (Å²) < 4.78 is 4.85. The van der Waals surface area contributed by atoms with Gasteiger partial charge in [0.1, 0.15) is 12.3 Å². The van der Waals surface area contributed by atoms with Crippen molar-refractivity contribution in [3.05, 3.63) is 65.0 Å². The van der Waals surface area contributed by atoms with Gasteiger partial charge in [-0.1, -0.05) is 36.4 Å². The summed E-state index contributed by atoms with van der Waals surface area (Å²) in [6.07, 6.45) is 5.24. The Bertz CT molecular complexity index is 853. The summed E-state index contributed by atoms with van der Waals surface area (Å²) in [5, 5.41) is 0. The number of nitrogens with two attached hydrogens (primary N) is 1. The number of carbonyl (C=O) groups is 2. The Hall–Kier alpha value is -2.69. The third-order valence-corrected chi connectivity index (χ3v) is 5.97. The van der Waals surface area contributed by atoms with E-state index in [2.05, 4.69) is 29.2 Å². The smallest absolute Gasteiger partial charge is 0.404 e.